The monoisotopic (exact) mass is 312 g/mol. The molecule has 0 amide bonds. The Hall–Kier alpha value is -0.780. The number of ether oxygens (including phenoxy) is 1. The summed E-state index contributed by atoms with van der Waals surface area (Å²) in [5.41, 5.74) is 6.43. The summed E-state index contributed by atoms with van der Waals surface area (Å²) in [6, 6.07) is 8.22. The summed E-state index contributed by atoms with van der Waals surface area (Å²) in [7, 11) is 2.16. The van der Waals surface area contributed by atoms with Gasteiger partial charge in [-0.05, 0) is 50.9 Å². The predicted octanol–water partition coefficient (Wildman–Crippen LogP) is 2.77. The molecule has 0 radical (unpaired) electrons. The third kappa shape index (κ3) is 6.11. The molecule has 0 fully saturated rings. The van der Waals surface area contributed by atoms with Gasteiger partial charge in [-0.25, -0.2) is 0 Å². The Morgan fingerprint density at radius 3 is 2.60 bits per heavy atom. The second-order valence-electron chi connectivity index (χ2n) is 4.88. The summed E-state index contributed by atoms with van der Waals surface area (Å²) in [5, 5.41) is 0. The normalized spacial score (nSPS) is 12.4. The highest BCUT2D eigenvalue weighted by molar-refractivity contribution is 7.98. The fraction of sp³-hybridized carbons (Fsp3) is 0.533. The smallest absolute Gasteiger partial charge is 0.119 e. The molecule has 5 heteroatoms. The van der Waals surface area contributed by atoms with Crippen LogP contribution in [-0.4, -0.2) is 48.1 Å². The van der Waals surface area contributed by atoms with Crippen LogP contribution in [0.1, 0.15) is 18.9 Å². The third-order valence-electron chi connectivity index (χ3n) is 3.22. The summed E-state index contributed by atoms with van der Waals surface area (Å²) in [4.78, 5) is 2.79. The fourth-order valence-corrected chi connectivity index (χ4v) is 2.68. The average Bonchev–Trinajstić information content (AvgIpc) is 2.44. The maximum atomic E-state index is 5.71. The van der Waals surface area contributed by atoms with Crippen molar-refractivity contribution in [2.45, 2.75) is 19.4 Å². The molecule has 1 rings (SSSR count). The quantitative estimate of drug-likeness (QED) is 0.561. The largest absolute Gasteiger partial charge is 0.494 e. The molecule has 1 aromatic carbocycles. The standard InChI is InChI=1S/C15H24N2OS2/c1-12(11-20-3)17(2)9-4-10-18-14-7-5-13(6-8-14)15(16)19/h5-8,12H,4,9-11H2,1-3H3,(H2,16,19). The van der Waals surface area contributed by atoms with Gasteiger partial charge in [-0.3, -0.25) is 0 Å². The van der Waals surface area contributed by atoms with Crippen LogP contribution in [0.2, 0.25) is 0 Å². The lowest BCUT2D eigenvalue weighted by atomic mass is 10.2. The lowest BCUT2D eigenvalue weighted by molar-refractivity contribution is 0.236. The molecular formula is C15H24N2OS2. The predicted molar refractivity (Wildman–Crippen MR) is 92.9 cm³/mol. The molecule has 0 aliphatic heterocycles. The third-order valence-corrected chi connectivity index (χ3v) is 4.27. The van der Waals surface area contributed by atoms with Gasteiger partial charge in [0, 0.05) is 23.9 Å². The average molecular weight is 313 g/mol. The van der Waals surface area contributed by atoms with Gasteiger partial charge in [-0.2, -0.15) is 11.8 Å². The Labute approximate surface area is 131 Å². The van der Waals surface area contributed by atoms with E-state index in [2.05, 4.69) is 25.1 Å². The van der Waals surface area contributed by atoms with Crippen molar-refractivity contribution in [2.75, 3.05) is 32.2 Å². The van der Waals surface area contributed by atoms with Crippen LogP contribution >= 0.6 is 24.0 Å². The molecule has 0 saturated carbocycles. The van der Waals surface area contributed by atoms with Crippen molar-refractivity contribution in [3.63, 3.8) is 0 Å². The molecule has 1 aromatic rings. The summed E-state index contributed by atoms with van der Waals surface area (Å²) >= 11 is 6.80. The first kappa shape index (κ1) is 17.3. The highest BCUT2D eigenvalue weighted by atomic mass is 32.2. The van der Waals surface area contributed by atoms with E-state index in [-0.39, 0.29) is 0 Å². The van der Waals surface area contributed by atoms with Crippen molar-refractivity contribution < 1.29 is 4.74 Å². The molecule has 2 N–H and O–H groups in total. The maximum Gasteiger partial charge on any atom is 0.119 e. The minimum absolute atomic E-state index is 0.418. The van der Waals surface area contributed by atoms with E-state index in [1.54, 1.807) is 0 Å². The van der Waals surface area contributed by atoms with Crippen LogP contribution in [0.5, 0.6) is 5.75 Å². The van der Waals surface area contributed by atoms with Gasteiger partial charge in [0.15, 0.2) is 0 Å². The van der Waals surface area contributed by atoms with Gasteiger partial charge in [0.2, 0.25) is 0 Å². The van der Waals surface area contributed by atoms with E-state index >= 15 is 0 Å². The molecule has 0 spiro atoms. The molecule has 1 atom stereocenters. The van der Waals surface area contributed by atoms with Gasteiger partial charge in [0.1, 0.15) is 10.7 Å². The zero-order valence-electron chi connectivity index (χ0n) is 12.5. The summed E-state index contributed by atoms with van der Waals surface area (Å²) in [5.74, 6) is 2.03. The van der Waals surface area contributed by atoms with Crippen molar-refractivity contribution in [1.82, 2.24) is 4.90 Å². The van der Waals surface area contributed by atoms with Gasteiger partial charge in [0.05, 0.1) is 6.61 Å². The zero-order chi connectivity index (χ0) is 15.0. The molecule has 0 bridgehead atoms. The molecule has 112 valence electrons. The topological polar surface area (TPSA) is 38.5 Å². The lowest BCUT2D eigenvalue weighted by Crippen LogP contribution is -2.32. The van der Waals surface area contributed by atoms with Crippen LogP contribution in [0.3, 0.4) is 0 Å². The molecule has 0 aliphatic rings. The van der Waals surface area contributed by atoms with E-state index in [1.807, 2.05) is 36.0 Å². The Kier molecular flexibility index (Phi) is 7.95. The van der Waals surface area contributed by atoms with Crippen molar-refractivity contribution >= 4 is 29.0 Å². The first-order valence-corrected chi connectivity index (χ1v) is 8.56. The number of hydrogen-bond acceptors (Lipinski definition) is 4. The summed E-state index contributed by atoms with van der Waals surface area (Å²) in [6.07, 6.45) is 3.16. The molecule has 0 aromatic heterocycles. The second-order valence-corrected chi connectivity index (χ2v) is 6.23. The van der Waals surface area contributed by atoms with E-state index in [0.29, 0.717) is 11.0 Å². The molecule has 0 heterocycles. The summed E-state index contributed by atoms with van der Waals surface area (Å²) < 4.78 is 5.71. The Bertz CT molecular complexity index is 409. The maximum absolute atomic E-state index is 5.71. The van der Waals surface area contributed by atoms with Crippen LogP contribution in [0.4, 0.5) is 0 Å². The van der Waals surface area contributed by atoms with Crippen LogP contribution in [0, 0.1) is 0 Å². The van der Waals surface area contributed by atoms with Crippen LogP contribution < -0.4 is 10.5 Å². The summed E-state index contributed by atoms with van der Waals surface area (Å²) in [6.45, 7) is 4.03. The highest BCUT2D eigenvalue weighted by Crippen LogP contribution is 2.12. The molecule has 1 unspecified atom stereocenters. The van der Waals surface area contributed by atoms with Gasteiger partial charge in [0.25, 0.3) is 0 Å². The van der Waals surface area contributed by atoms with E-state index in [9.17, 15) is 0 Å². The lowest BCUT2D eigenvalue weighted by Gasteiger charge is -2.23. The molecule has 20 heavy (non-hydrogen) atoms. The minimum atomic E-state index is 0.418. The minimum Gasteiger partial charge on any atom is -0.494 e. The van der Waals surface area contributed by atoms with Gasteiger partial charge < -0.3 is 15.4 Å². The van der Waals surface area contributed by atoms with Gasteiger partial charge in [-0.15, -0.1) is 0 Å². The number of thiocarbonyl (C=S) groups is 1. The molecular weight excluding hydrogens is 288 g/mol. The van der Waals surface area contributed by atoms with Crippen molar-refractivity contribution in [2.24, 2.45) is 5.73 Å². The van der Waals surface area contributed by atoms with Crippen molar-refractivity contribution in [1.29, 1.82) is 0 Å². The number of thioether (sulfide) groups is 1. The molecule has 3 nitrogen and oxygen atoms in total. The number of nitrogens with two attached hydrogens (primary N) is 1. The second kappa shape index (κ2) is 9.21. The highest BCUT2D eigenvalue weighted by Gasteiger charge is 2.07. The van der Waals surface area contributed by atoms with Crippen LogP contribution in [0.25, 0.3) is 0 Å². The molecule has 0 saturated heterocycles. The molecule has 0 aliphatic carbocycles. The van der Waals surface area contributed by atoms with E-state index in [1.165, 1.54) is 0 Å². The van der Waals surface area contributed by atoms with Crippen molar-refractivity contribution in [3.05, 3.63) is 29.8 Å². The Morgan fingerprint density at radius 2 is 2.05 bits per heavy atom. The Balaban J connectivity index is 2.25. The zero-order valence-corrected chi connectivity index (χ0v) is 14.1. The first-order chi connectivity index (χ1) is 9.54. The SMILES string of the molecule is CSCC(C)N(C)CCCOc1ccc(C(N)=S)cc1. The number of benzene rings is 1. The van der Waals surface area contributed by atoms with Crippen molar-refractivity contribution in [3.8, 4) is 5.75 Å². The van der Waals surface area contributed by atoms with E-state index in [4.69, 9.17) is 22.7 Å². The number of nitrogens with zero attached hydrogens (tertiary/aromatic N) is 1. The fourth-order valence-electron chi connectivity index (χ4n) is 1.81. The van der Waals surface area contributed by atoms with Crippen LogP contribution in [0.15, 0.2) is 24.3 Å². The van der Waals surface area contributed by atoms with E-state index < -0.39 is 0 Å². The first-order valence-electron chi connectivity index (χ1n) is 6.76. The van der Waals surface area contributed by atoms with Gasteiger partial charge >= 0.3 is 0 Å². The Morgan fingerprint density at radius 1 is 1.40 bits per heavy atom. The van der Waals surface area contributed by atoms with E-state index in [0.717, 1.165) is 36.6 Å². The number of hydrogen-bond donors (Lipinski definition) is 1. The van der Waals surface area contributed by atoms with Gasteiger partial charge in [-0.1, -0.05) is 12.2 Å². The number of rotatable bonds is 9. The van der Waals surface area contributed by atoms with Crippen LogP contribution in [-0.2, 0) is 0 Å².